The summed E-state index contributed by atoms with van der Waals surface area (Å²) in [7, 11) is 2.03. The third-order valence-corrected chi connectivity index (χ3v) is 3.90. The first-order valence-electron chi connectivity index (χ1n) is 6.97. The van der Waals surface area contributed by atoms with Gasteiger partial charge in [0.1, 0.15) is 0 Å². The molecule has 0 fully saturated rings. The highest BCUT2D eigenvalue weighted by atomic mass is 14.8. The normalized spacial score (nSPS) is 12.4. The van der Waals surface area contributed by atoms with Gasteiger partial charge in [0, 0.05) is 12.5 Å². The molecule has 0 saturated heterocycles. The van der Waals surface area contributed by atoms with Gasteiger partial charge in [0.25, 0.3) is 0 Å². The van der Waals surface area contributed by atoms with Crippen LogP contribution >= 0.6 is 0 Å². The van der Waals surface area contributed by atoms with E-state index in [1.54, 1.807) is 0 Å². The maximum atomic E-state index is 3.32. The number of hydrogen-bond acceptors (Lipinski definition) is 1. The fraction of sp³-hybridized carbons (Fsp3) is 0.333. The lowest BCUT2D eigenvalue weighted by Crippen LogP contribution is -2.19. The summed E-state index contributed by atoms with van der Waals surface area (Å²) in [5.74, 6) is 0.534. The fourth-order valence-corrected chi connectivity index (χ4v) is 2.58. The van der Waals surface area contributed by atoms with Gasteiger partial charge in [-0.25, -0.2) is 0 Å². The standard InChI is InChI=1S/C18H23N/c1-14-8-7-11-17(15(14)2)12-18(13-19-3)16-9-5-4-6-10-16/h4-11,18-19H,12-13H2,1-3H3. The summed E-state index contributed by atoms with van der Waals surface area (Å²) < 4.78 is 0. The van der Waals surface area contributed by atoms with Crippen molar-refractivity contribution in [2.75, 3.05) is 13.6 Å². The number of likely N-dealkylation sites (N-methyl/N-ethyl adjacent to an activating group) is 1. The van der Waals surface area contributed by atoms with Crippen LogP contribution in [-0.4, -0.2) is 13.6 Å². The van der Waals surface area contributed by atoms with E-state index in [-0.39, 0.29) is 0 Å². The second-order valence-electron chi connectivity index (χ2n) is 5.23. The molecule has 0 bridgehead atoms. The molecular formula is C18H23N. The molecule has 2 rings (SSSR count). The van der Waals surface area contributed by atoms with Gasteiger partial charge in [0.05, 0.1) is 0 Å². The quantitative estimate of drug-likeness (QED) is 0.853. The average Bonchev–Trinajstić information content (AvgIpc) is 2.44. The van der Waals surface area contributed by atoms with Gasteiger partial charge in [0.15, 0.2) is 0 Å². The first-order valence-corrected chi connectivity index (χ1v) is 6.97. The van der Waals surface area contributed by atoms with Crippen molar-refractivity contribution in [1.29, 1.82) is 0 Å². The Bertz CT molecular complexity index is 516. The van der Waals surface area contributed by atoms with Crippen molar-refractivity contribution in [2.24, 2.45) is 0 Å². The van der Waals surface area contributed by atoms with Crippen LogP contribution in [0.2, 0.25) is 0 Å². The van der Waals surface area contributed by atoms with Gasteiger partial charge in [0.2, 0.25) is 0 Å². The van der Waals surface area contributed by atoms with Gasteiger partial charge in [-0.15, -0.1) is 0 Å². The Hall–Kier alpha value is -1.60. The van der Waals surface area contributed by atoms with Gasteiger partial charge >= 0.3 is 0 Å². The van der Waals surface area contributed by atoms with E-state index in [0.717, 1.165) is 13.0 Å². The highest BCUT2D eigenvalue weighted by Gasteiger charge is 2.13. The molecule has 0 aliphatic heterocycles. The Balaban J connectivity index is 2.24. The molecule has 0 aromatic heterocycles. The molecule has 0 aliphatic rings. The molecule has 0 heterocycles. The van der Waals surface area contributed by atoms with E-state index < -0.39 is 0 Å². The van der Waals surface area contributed by atoms with Gasteiger partial charge < -0.3 is 5.32 Å². The Kier molecular flexibility index (Phi) is 4.75. The number of benzene rings is 2. The molecule has 1 N–H and O–H groups in total. The van der Waals surface area contributed by atoms with E-state index in [1.807, 2.05) is 7.05 Å². The number of aryl methyl sites for hydroxylation is 1. The first-order chi connectivity index (χ1) is 9.22. The predicted molar refractivity (Wildman–Crippen MR) is 82.7 cm³/mol. The van der Waals surface area contributed by atoms with E-state index in [0.29, 0.717) is 5.92 Å². The van der Waals surface area contributed by atoms with Crippen molar-refractivity contribution in [3.8, 4) is 0 Å². The first kappa shape index (κ1) is 13.8. The maximum Gasteiger partial charge on any atom is 0.00203 e. The molecule has 0 amide bonds. The SMILES string of the molecule is CNCC(Cc1cccc(C)c1C)c1ccccc1. The molecule has 19 heavy (non-hydrogen) atoms. The third-order valence-electron chi connectivity index (χ3n) is 3.90. The zero-order valence-electron chi connectivity index (χ0n) is 12.1. The van der Waals surface area contributed by atoms with E-state index in [2.05, 4.69) is 67.7 Å². The van der Waals surface area contributed by atoms with Crippen LogP contribution in [0.4, 0.5) is 0 Å². The van der Waals surface area contributed by atoms with E-state index in [1.165, 1.54) is 22.3 Å². The predicted octanol–water partition coefficient (Wildman–Crippen LogP) is 3.85. The van der Waals surface area contributed by atoms with E-state index >= 15 is 0 Å². The summed E-state index contributed by atoms with van der Waals surface area (Å²) in [4.78, 5) is 0. The molecule has 100 valence electrons. The molecule has 1 unspecified atom stereocenters. The van der Waals surface area contributed by atoms with Crippen LogP contribution in [-0.2, 0) is 6.42 Å². The van der Waals surface area contributed by atoms with Crippen molar-refractivity contribution < 1.29 is 0 Å². The van der Waals surface area contributed by atoms with Crippen molar-refractivity contribution in [3.63, 3.8) is 0 Å². The monoisotopic (exact) mass is 253 g/mol. The van der Waals surface area contributed by atoms with Crippen LogP contribution in [0.3, 0.4) is 0 Å². The summed E-state index contributed by atoms with van der Waals surface area (Å²) in [5.41, 5.74) is 5.69. The summed E-state index contributed by atoms with van der Waals surface area (Å²) in [5, 5.41) is 3.32. The lowest BCUT2D eigenvalue weighted by atomic mass is 9.89. The minimum absolute atomic E-state index is 0.534. The fourth-order valence-electron chi connectivity index (χ4n) is 2.58. The summed E-state index contributed by atoms with van der Waals surface area (Å²) in [6.45, 7) is 5.43. The van der Waals surface area contributed by atoms with Crippen LogP contribution in [0.25, 0.3) is 0 Å². The highest BCUT2D eigenvalue weighted by Crippen LogP contribution is 2.23. The van der Waals surface area contributed by atoms with Crippen LogP contribution in [0.15, 0.2) is 48.5 Å². The third kappa shape index (κ3) is 3.45. The Morgan fingerprint density at radius 2 is 1.68 bits per heavy atom. The molecule has 0 saturated carbocycles. The average molecular weight is 253 g/mol. The molecule has 1 atom stereocenters. The number of hydrogen-bond donors (Lipinski definition) is 1. The minimum Gasteiger partial charge on any atom is -0.319 e. The Labute approximate surface area is 116 Å². The van der Waals surface area contributed by atoms with Gasteiger partial charge in [-0.1, -0.05) is 48.5 Å². The van der Waals surface area contributed by atoms with Crippen LogP contribution in [0, 0.1) is 13.8 Å². The largest absolute Gasteiger partial charge is 0.319 e. The van der Waals surface area contributed by atoms with Crippen molar-refractivity contribution in [1.82, 2.24) is 5.32 Å². The Morgan fingerprint density at radius 3 is 2.37 bits per heavy atom. The second kappa shape index (κ2) is 6.53. The number of nitrogens with one attached hydrogen (secondary N) is 1. The molecule has 1 heteroatoms. The Morgan fingerprint density at radius 1 is 0.947 bits per heavy atom. The molecule has 2 aromatic rings. The summed E-state index contributed by atoms with van der Waals surface area (Å²) >= 11 is 0. The minimum atomic E-state index is 0.534. The van der Waals surface area contributed by atoms with Crippen molar-refractivity contribution >= 4 is 0 Å². The van der Waals surface area contributed by atoms with Crippen molar-refractivity contribution in [2.45, 2.75) is 26.2 Å². The molecular weight excluding hydrogens is 230 g/mol. The van der Waals surface area contributed by atoms with Gasteiger partial charge in [-0.05, 0) is 49.6 Å². The highest BCUT2D eigenvalue weighted by molar-refractivity contribution is 5.35. The topological polar surface area (TPSA) is 12.0 Å². The summed E-state index contributed by atoms with van der Waals surface area (Å²) in [6.07, 6.45) is 1.10. The lowest BCUT2D eigenvalue weighted by Gasteiger charge is -2.19. The van der Waals surface area contributed by atoms with Gasteiger partial charge in [-0.3, -0.25) is 0 Å². The van der Waals surface area contributed by atoms with Gasteiger partial charge in [-0.2, -0.15) is 0 Å². The number of rotatable bonds is 5. The van der Waals surface area contributed by atoms with Crippen LogP contribution < -0.4 is 5.32 Å². The molecule has 0 spiro atoms. The molecule has 1 nitrogen and oxygen atoms in total. The second-order valence-corrected chi connectivity index (χ2v) is 5.23. The van der Waals surface area contributed by atoms with Crippen molar-refractivity contribution in [3.05, 3.63) is 70.8 Å². The van der Waals surface area contributed by atoms with Crippen LogP contribution in [0.5, 0.6) is 0 Å². The van der Waals surface area contributed by atoms with E-state index in [9.17, 15) is 0 Å². The van der Waals surface area contributed by atoms with Crippen LogP contribution in [0.1, 0.15) is 28.2 Å². The lowest BCUT2D eigenvalue weighted by molar-refractivity contribution is 0.624. The van der Waals surface area contributed by atoms with E-state index in [4.69, 9.17) is 0 Å². The molecule has 0 radical (unpaired) electrons. The maximum absolute atomic E-state index is 3.32. The summed E-state index contributed by atoms with van der Waals surface area (Å²) in [6, 6.07) is 17.4. The smallest absolute Gasteiger partial charge is 0.00203 e. The molecule has 2 aromatic carbocycles. The zero-order chi connectivity index (χ0) is 13.7. The zero-order valence-corrected chi connectivity index (χ0v) is 12.1. The molecule has 0 aliphatic carbocycles.